The molecule has 2 N–H and O–H groups in total. The second-order valence-corrected chi connectivity index (χ2v) is 6.54. The van der Waals surface area contributed by atoms with Gasteiger partial charge in [0.25, 0.3) is 0 Å². The minimum absolute atomic E-state index is 0.0535. The lowest BCUT2D eigenvalue weighted by atomic mass is 9.69. The maximum Gasteiger partial charge on any atom is 0.0945 e. The normalized spacial score (nSPS) is 15.2. The van der Waals surface area contributed by atoms with E-state index in [1.807, 2.05) is 6.92 Å². The fourth-order valence-corrected chi connectivity index (χ4v) is 2.32. The minimum atomic E-state index is 0.0535. The zero-order valence-corrected chi connectivity index (χ0v) is 13.4. The van der Waals surface area contributed by atoms with Crippen molar-refractivity contribution in [1.82, 2.24) is 0 Å². The van der Waals surface area contributed by atoms with Crippen molar-refractivity contribution < 1.29 is 9.47 Å². The first-order chi connectivity index (χ1) is 8.21. The summed E-state index contributed by atoms with van der Waals surface area (Å²) in [5.74, 6) is 0. The standard InChI is InChI=1S/C15H33NO2/c1-8-14(4,5)13(15(6,7)9-2)17-10-12(3)18-11-16/h12-13H,8-11,16H2,1-7H3. The van der Waals surface area contributed by atoms with Gasteiger partial charge in [-0.25, -0.2) is 0 Å². The molecule has 1 atom stereocenters. The van der Waals surface area contributed by atoms with E-state index < -0.39 is 0 Å². The van der Waals surface area contributed by atoms with Crippen LogP contribution in [0.15, 0.2) is 0 Å². The zero-order valence-electron chi connectivity index (χ0n) is 13.4. The van der Waals surface area contributed by atoms with Gasteiger partial charge in [-0.05, 0) is 30.6 Å². The monoisotopic (exact) mass is 259 g/mol. The summed E-state index contributed by atoms with van der Waals surface area (Å²) in [6, 6.07) is 0. The van der Waals surface area contributed by atoms with Gasteiger partial charge in [0, 0.05) is 0 Å². The quantitative estimate of drug-likeness (QED) is 0.644. The third-order valence-electron chi connectivity index (χ3n) is 4.12. The first-order valence-electron chi connectivity index (χ1n) is 7.14. The van der Waals surface area contributed by atoms with Crippen LogP contribution < -0.4 is 5.73 Å². The molecule has 3 heteroatoms. The first-order valence-corrected chi connectivity index (χ1v) is 7.14. The second kappa shape index (κ2) is 7.46. The summed E-state index contributed by atoms with van der Waals surface area (Å²) >= 11 is 0. The molecular formula is C15H33NO2. The number of hydrogen-bond acceptors (Lipinski definition) is 3. The van der Waals surface area contributed by atoms with Crippen molar-refractivity contribution in [2.45, 2.75) is 73.5 Å². The molecule has 3 nitrogen and oxygen atoms in total. The smallest absolute Gasteiger partial charge is 0.0945 e. The van der Waals surface area contributed by atoms with E-state index in [0.717, 1.165) is 12.8 Å². The van der Waals surface area contributed by atoms with Crippen molar-refractivity contribution in [1.29, 1.82) is 0 Å². The van der Waals surface area contributed by atoms with E-state index in [-0.39, 0.29) is 29.8 Å². The Morgan fingerprint density at radius 1 is 0.944 bits per heavy atom. The molecule has 110 valence electrons. The number of hydrogen-bond donors (Lipinski definition) is 1. The van der Waals surface area contributed by atoms with E-state index in [1.54, 1.807) is 0 Å². The van der Waals surface area contributed by atoms with E-state index in [0.29, 0.717) is 6.61 Å². The summed E-state index contributed by atoms with van der Waals surface area (Å²) in [4.78, 5) is 0. The highest BCUT2D eigenvalue weighted by molar-refractivity contribution is 4.89. The van der Waals surface area contributed by atoms with Crippen molar-refractivity contribution in [2.75, 3.05) is 13.3 Å². The molecule has 0 fully saturated rings. The molecule has 0 spiro atoms. The van der Waals surface area contributed by atoms with Gasteiger partial charge in [-0.2, -0.15) is 0 Å². The van der Waals surface area contributed by atoms with Crippen molar-refractivity contribution >= 4 is 0 Å². The van der Waals surface area contributed by atoms with Gasteiger partial charge in [0.05, 0.1) is 25.5 Å². The summed E-state index contributed by atoms with van der Waals surface area (Å²) < 4.78 is 11.5. The van der Waals surface area contributed by atoms with Crippen molar-refractivity contribution in [3.63, 3.8) is 0 Å². The van der Waals surface area contributed by atoms with Crippen LogP contribution in [0, 0.1) is 10.8 Å². The topological polar surface area (TPSA) is 44.5 Å². The molecule has 0 saturated heterocycles. The van der Waals surface area contributed by atoms with E-state index >= 15 is 0 Å². The fourth-order valence-electron chi connectivity index (χ4n) is 2.32. The molecule has 0 aromatic heterocycles. The Labute approximate surface area is 113 Å². The van der Waals surface area contributed by atoms with Gasteiger partial charge in [0.2, 0.25) is 0 Å². The number of rotatable bonds is 9. The van der Waals surface area contributed by atoms with Gasteiger partial charge in [0.15, 0.2) is 0 Å². The van der Waals surface area contributed by atoms with E-state index in [1.165, 1.54) is 0 Å². The van der Waals surface area contributed by atoms with Gasteiger partial charge in [-0.3, -0.25) is 0 Å². The molecule has 0 radical (unpaired) electrons. The van der Waals surface area contributed by atoms with Gasteiger partial charge in [0.1, 0.15) is 0 Å². The predicted octanol–water partition coefficient (Wildman–Crippen LogP) is 3.57. The predicted molar refractivity (Wildman–Crippen MR) is 77.5 cm³/mol. The van der Waals surface area contributed by atoms with E-state index in [9.17, 15) is 0 Å². The highest BCUT2D eigenvalue weighted by Gasteiger charge is 2.39. The molecular weight excluding hydrogens is 226 g/mol. The Morgan fingerprint density at radius 3 is 1.72 bits per heavy atom. The molecule has 0 aliphatic rings. The highest BCUT2D eigenvalue weighted by Crippen LogP contribution is 2.40. The Hall–Kier alpha value is -0.120. The molecule has 0 bridgehead atoms. The van der Waals surface area contributed by atoms with Gasteiger partial charge >= 0.3 is 0 Å². The molecule has 0 amide bonds. The van der Waals surface area contributed by atoms with Crippen LogP contribution in [0.25, 0.3) is 0 Å². The van der Waals surface area contributed by atoms with Crippen LogP contribution in [0.2, 0.25) is 0 Å². The summed E-state index contributed by atoms with van der Waals surface area (Å²) in [7, 11) is 0. The summed E-state index contributed by atoms with van der Waals surface area (Å²) in [6.07, 6.45) is 2.49. The molecule has 0 rings (SSSR count). The Kier molecular flexibility index (Phi) is 7.41. The lowest BCUT2D eigenvalue weighted by Crippen LogP contribution is -2.44. The lowest BCUT2D eigenvalue weighted by Gasteiger charge is -2.44. The molecule has 0 heterocycles. The van der Waals surface area contributed by atoms with Gasteiger partial charge in [-0.1, -0.05) is 41.5 Å². The van der Waals surface area contributed by atoms with Crippen molar-refractivity contribution in [3.8, 4) is 0 Å². The minimum Gasteiger partial charge on any atom is -0.374 e. The van der Waals surface area contributed by atoms with Crippen LogP contribution in [-0.2, 0) is 9.47 Å². The Morgan fingerprint density at radius 2 is 1.39 bits per heavy atom. The Bertz CT molecular complexity index is 211. The summed E-state index contributed by atoms with van der Waals surface area (Å²) in [5, 5.41) is 0. The largest absolute Gasteiger partial charge is 0.374 e. The van der Waals surface area contributed by atoms with Crippen molar-refractivity contribution in [3.05, 3.63) is 0 Å². The molecule has 18 heavy (non-hydrogen) atoms. The molecule has 0 aromatic rings. The van der Waals surface area contributed by atoms with Crippen LogP contribution in [0.5, 0.6) is 0 Å². The van der Waals surface area contributed by atoms with Crippen molar-refractivity contribution in [2.24, 2.45) is 16.6 Å². The van der Waals surface area contributed by atoms with Crippen LogP contribution in [0.4, 0.5) is 0 Å². The average Bonchev–Trinajstić information content (AvgIpc) is 2.29. The zero-order chi connectivity index (χ0) is 14.4. The third-order valence-corrected chi connectivity index (χ3v) is 4.12. The van der Waals surface area contributed by atoms with E-state index in [4.69, 9.17) is 15.2 Å². The van der Waals surface area contributed by atoms with Crippen LogP contribution >= 0.6 is 0 Å². The Balaban J connectivity index is 4.70. The number of ether oxygens (including phenoxy) is 2. The third kappa shape index (κ3) is 5.25. The number of nitrogens with two attached hydrogens (primary N) is 1. The maximum atomic E-state index is 6.19. The van der Waals surface area contributed by atoms with Gasteiger partial charge < -0.3 is 15.2 Å². The summed E-state index contributed by atoms with van der Waals surface area (Å²) in [5.41, 5.74) is 5.72. The van der Waals surface area contributed by atoms with Crippen LogP contribution in [-0.4, -0.2) is 25.5 Å². The van der Waals surface area contributed by atoms with E-state index in [2.05, 4.69) is 41.5 Å². The van der Waals surface area contributed by atoms with Gasteiger partial charge in [-0.15, -0.1) is 0 Å². The SMILES string of the molecule is CCC(C)(C)C(OCC(C)OCN)C(C)(C)CC. The molecule has 0 aromatic carbocycles. The van der Waals surface area contributed by atoms with Crippen LogP contribution in [0.3, 0.4) is 0 Å². The molecule has 0 saturated carbocycles. The average molecular weight is 259 g/mol. The lowest BCUT2D eigenvalue weighted by molar-refractivity contribution is -0.124. The fraction of sp³-hybridized carbons (Fsp3) is 1.00. The molecule has 0 aliphatic heterocycles. The molecule has 1 unspecified atom stereocenters. The maximum absolute atomic E-state index is 6.19. The van der Waals surface area contributed by atoms with Crippen LogP contribution in [0.1, 0.15) is 61.3 Å². The highest BCUT2D eigenvalue weighted by atomic mass is 16.5. The molecule has 0 aliphatic carbocycles. The first kappa shape index (κ1) is 17.9. The second-order valence-electron chi connectivity index (χ2n) is 6.54. The summed E-state index contributed by atoms with van der Waals surface area (Å²) in [6.45, 7) is 16.4.